The van der Waals surface area contributed by atoms with E-state index in [0.717, 1.165) is 31.5 Å². The Bertz CT molecular complexity index is 1280. The van der Waals surface area contributed by atoms with Crippen LogP contribution in [-0.4, -0.2) is 49.7 Å². The van der Waals surface area contributed by atoms with Crippen LogP contribution in [0.4, 0.5) is 17.1 Å². The molecule has 36 heavy (non-hydrogen) atoms. The monoisotopic (exact) mass is 523 g/mol. The van der Waals surface area contributed by atoms with E-state index in [2.05, 4.69) is 10.6 Å². The molecule has 2 amide bonds. The molecule has 7 nitrogen and oxygen atoms in total. The summed E-state index contributed by atoms with van der Waals surface area (Å²) < 4.78 is 0. The zero-order valence-corrected chi connectivity index (χ0v) is 21.6. The van der Waals surface area contributed by atoms with E-state index < -0.39 is 5.91 Å². The predicted octanol–water partition coefficient (Wildman–Crippen LogP) is 5.99. The van der Waals surface area contributed by atoms with Crippen molar-refractivity contribution in [3.8, 4) is 0 Å². The predicted molar refractivity (Wildman–Crippen MR) is 147 cm³/mol. The third kappa shape index (κ3) is 5.80. The number of carbonyl (C=O) groups excluding carboxylic acids is 2. The van der Waals surface area contributed by atoms with Gasteiger partial charge in [0.15, 0.2) is 0 Å². The topological polar surface area (TPSA) is 88.5 Å². The second kappa shape index (κ2) is 11.0. The third-order valence-corrected chi connectivity index (χ3v) is 6.46. The average molecular weight is 524 g/mol. The van der Waals surface area contributed by atoms with Gasteiger partial charge in [0.2, 0.25) is 0 Å². The van der Waals surface area contributed by atoms with Gasteiger partial charge in [-0.25, -0.2) is 0 Å². The largest absolute Gasteiger partial charge is 0.376 e. The summed E-state index contributed by atoms with van der Waals surface area (Å²) in [5, 5.41) is 15.1. The zero-order chi connectivity index (χ0) is 25.8. The van der Waals surface area contributed by atoms with Gasteiger partial charge in [-0.3, -0.25) is 15.0 Å². The summed E-state index contributed by atoms with van der Waals surface area (Å²) in [5.41, 5.74) is 2.89. The van der Waals surface area contributed by atoms with Crippen LogP contribution in [0.15, 0.2) is 60.7 Å². The van der Waals surface area contributed by atoms with Crippen molar-refractivity contribution < 1.29 is 9.59 Å². The zero-order valence-electron chi connectivity index (χ0n) is 20.1. The maximum absolute atomic E-state index is 13.2. The van der Waals surface area contributed by atoms with Crippen molar-refractivity contribution in [1.29, 1.82) is 5.41 Å². The number of rotatable bonds is 6. The van der Waals surface area contributed by atoms with E-state index in [-0.39, 0.29) is 11.5 Å². The lowest BCUT2D eigenvalue weighted by Gasteiger charge is -2.22. The molecule has 1 aliphatic rings. The quantitative estimate of drug-likeness (QED) is 0.273. The van der Waals surface area contributed by atoms with Crippen molar-refractivity contribution >= 4 is 57.9 Å². The number of amides is 2. The fourth-order valence-corrected chi connectivity index (χ4v) is 4.41. The van der Waals surface area contributed by atoms with Gasteiger partial charge in [0.05, 0.1) is 16.9 Å². The summed E-state index contributed by atoms with van der Waals surface area (Å²) in [6, 6.07) is 16.9. The Labute approximate surface area is 220 Å². The van der Waals surface area contributed by atoms with Crippen LogP contribution < -0.4 is 15.5 Å². The molecule has 1 fully saturated rings. The first kappa shape index (κ1) is 25.5. The van der Waals surface area contributed by atoms with Crippen LogP contribution in [0.3, 0.4) is 0 Å². The normalized spacial score (nSPS) is 12.8. The van der Waals surface area contributed by atoms with Gasteiger partial charge >= 0.3 is 0 Å². The molecule has 0 unspecified atom stereocenters. The summed E-state index contributed by atoms with van der Waals surface area (Å²) in [4.78, 5) is 30.2. The van der Waals surface area contributed by atoms with E-state index in [1.807, 2.05) is 4.90 Å². The van der Waals surface area contributed by atoms with E-state index >= 15 is 0 Å². The van der Waals surface area contributed by atoms with Crippen LogP contribution in [0, 0.1) is 5.41 Å². The smallest absolute Gasteiger partial charge is 0.257 e. The first-order chi connectivity index (χ1) is 17.2. The molecule has 1 heterocycles. The molecule has 9 heteroatoms. The summed E-state index contributed by atoms with van der Waals surface area (Å²) >= 11 is 12.3. The van der Waals surface area contributed by atoms with Gasteiger partial charge in [-0.15, -0.1) is 0 Å². The summed E-state index contributed by atoms with van der Waals surface area (Å²) in [7, 11) is 3.61. The van der Waals surface area contributed by atoms with Gasteiger partial charge in [-0.05, 0) is 61.4 Å². The van der Waals surface area contributed by atoms with Crippen LogP contribution in [0.5, 0.6) is 0 Å². The number of hydrogen-bond acceptors (Lipinski definition) is 4. The molecular weight excluding hydrogens is 497 g/mol. The molecule has 0 spiro atoms. The Balaban J connectivity index is 1.60. The summed E-state index contributed by atoms with van der Waals surface area (Å²) in [6.07, 6.45) is 2.18. The van der Waals surface area contributed by atoms with Crippen molar-refractivity contribution in [2.75, 3.05) is 42.7 Å². The molecule has 4 rings (SSSR count). The minimum Gasteiger partial charge on any atom is -0.376 e. The number of hydrogen-bond donors (Lipinski definition) is 3. The Kier molecular flexibility index (Phi) is 7.82. The molecule has 0 aliphatic carbocycles. The van der Waals surface area contributed by atoms with Gasteiger partial charge in [-0.1, -0.05) is 35.3 Å². The number of nitrogens with zero attached hydrogens (tertiary/aromatic N) is 2. The Morgan fingerprint density at radius 3 is 2.06 bits per heavy atom. The lowest BCUT2D eigenvalue weighted by molar-refractivity contribution is 0.102. The molecule has 0 radical (unpaired) electrons. The highest BCUT2D eigenvalue weighted by molar-refractivity contribution is 6.32. The second-order valence-electron chi connectivity index (χ2n) is 8.78. The van der Waals surface area contributed by atoms with Gasteiger partial charge in [0.25, 0.3) is 11.8 Å². The van der Waals surface area contributed by atoms with Crippen molar-refractivity contribution in [2.24, 2.45) is 0 Å². The fraction of sp³-hybridized carbons (Fsp3) is 0.222. The van der Waals surface area contributed by atoms with Crippen LogP contribution in [0.25, 0.3) is 0 Å². The molecule has 0 aromatic heterocycles. The molecule has 0 atom stereocenters. The number of anilines is 3. The van der Waals surface area contributed by atoms with Crippen LogP contribution in [-0.2, 0) is 0 Å². The Morgan fingerprint density at radius 1 is 0.833 bits per heavy atom. The Morgan fingerprint density at radius 2 is 1.44 bits per heavy atom. The third-order valence-electron chi connectivity index (χ3n) is 5.99. The number of halogens is 2. The average Bonchev–Trinajstić information content (AvgIpc) is 3.40. The molecule has 0 bridgehead atoms. The van der Waals surface area contributed by atoms with Crippen molar-refractivity contribution in [3.05, 3.63) is 87.4 Å². The van der Waals surface area contributed by atoms with E-state index in [0.29, 0.717) is 38.5 Å². The maximum Gasteiger partial charge on any atom is 0.257 e. The van der Waals surface area contributed by atoms with E-state index in [1.165, 1.54) is 6.07 Å². The first-order valence-electron chi connectivity index (χ1n) is 11.6. The maximum atomic E-state index is 13.2. The van der Waals surface area contributed by atoms with E-state index in [1.54, 1.807) is 73.6 Å². The highest BCUT2D eigenvalue weighted by Crippen LogP contribution is 2.33. The van der Waals surface area contributed by atoms with Crippen LogP contribution in [0.2, 0.25) is 10.0 Å². The standard InChI is InChI=1S/C27H27Cl2N5O2/c1-33(2)23-16-20(29)15-22(27(36)31-21-11-9-19(28)10-12-21)24(23)32-26(35)18-7-5-17(6-8-18)25(30)34-13-3-4-14-34/h5-12,15-16,30H,3-4,13-14H2,1-2H3,(H,31,36)(H,32,35). The van der Waals surface area contributed by atoms with Gasteiger partial charge in [0, 0.05) is 54.0 Å². The lowest BCUT2D eigenvalue weighted by atomic mass is 10.1. The molecule has 3 aromatic carbocycles. The highest BCUT2D eigenvalue weighted by atomic mass is 35.5. The number of benzene rings is 3. The molecule has 186 valence electrons. The van der Waals surface area contributed by atoms with Crippen molar-refractivity contribution in [1.82, 2.24) is 4.90 Å². The first-order valence-corrected chi connectivity index (χ1v) is 12.3. The van der Waals surface area contributed by atoms with Crippen LogP contribution in [0.1, 0.15) is 39.1 Å². The highest BCUT2D eigenvalue weighted by Gasteiger charge is 2.21. The number of likely N-dealkylation sites (tertiary alicyclic amines) is 1. The molecule has 1 aliphatic heterocycles. The Hall–Kier alpha value is -3.55. The minimum atomic E-state index is -0.423. The molecule has 3 aromatic rings. The van der Waals surface area contributed by atoms with E-state index in [4.69, 9.17) is 28.6 Å². The van der Waals surface area contributed by atoms with Crippen LogP contribution >= 0.6 is 23.2 Å². The molecule has 3 N–H and O–H groups in total. The fourth-order valence-electron chi connectivity index (χ4n) is 4.08. The number of amidine groups is 1. The molecule has 0 saturated carbocycles. The number of carbonyl (C=O) groups is 2. The molecule has 1 saturated heterocycles. The minimum absolute atomic E-state index is 0.224. The van der Waals surface area contributed by atoms with Crippen molar-refractivity contribution in [3.63, 3.8) is 0 Å². The van der Waals surface area contributed by atoms with Gasteiger partial charge in [0.1, 0.15) is 5.84 Å². The number of nitrogens with one attached hydrogen (secondary N) is 3. The van der Waals surface area contributed by atoms with Gasteiger partial charge < -0.3 is 20.4 Å². The van der Waals surface area contributed by atoms with E-state index in [9.17, 15) is 9.59 Å². The summed E-state index contributed by atoms with van der Waals surface area (Å²) in [5.74, 6) is -0.332. The van der Waals surface area contributed by atoms with Crippen molar-refractivity contribution in [2.45, 2.75) is 12.8 Å². The second-order valence-corrected chi connectivity index (χ2v) is 9.65. The lowest BCUT2D eigenvalue weighted by Crippen LogP contribution is -2.27. The molecular formula is C27H27Cl2N5O2. The SMILES string of the molecule is CN(C)c1cc(Cl)cc(C(=O)Nc2ccc(Cl)cc2)c1NC(=O)c1ccc(C(=N)N2CCCC2)cc1. The van der Waals surface area contributed by atoms with Gasteiger partial charge in [-0.2, -0.15) is 0 Å². The summed E-state index contributed by atoms with van der Waals surface area (Å²) in [6.45, 7) is 1.76.